The summed E-state index contributed by atoms with van der Waals surface area (Å²) in [5.74, 6) is 1.84. The molecule has 1 heterocycles. The second-order valence-electron chi connectivity index (χ2n) is 4.41. The zero-order valence-corrected chi connectivity index (χ0v) is 11.6. The molecule has 2 aromatic rings. The van der Waals surface area contributed by atoms with Gasteiger partial charge in [0.2, 0.25) is 0 Å². The van der Waals surface area contributed by atoms with E-state index in [9.17, 15) is 0 Å². The third-order valence-corrected chi connectivity index (χ3v) is 3.52. The van der Waals surface area contributed by atoms with Crippen LogP contribution in [0.2, 0.25) is 0 Å². The van der Waals surface area contributed by atoms with Gasteiger partial charge in [-0.15, -0.1) is 0 Å². The van der Waals surface area contributed by atoms with Crippen LogP contribution in [0.1, 0.15) is 18.2 Å². The van der Waals surface area contributed by atoms with Gasteiger partial charge in [-0.25, -0.2) is 0 Å². The molecule has 3 heteroatoms. The van der Waals surface area contributed by atoms with Crippen molar-refractivity contribution in [3.05, 3.63) is 46.1 Å². The fourth-order valence-corrected chi connectivity index (χ4v) is 2.00. The molecule has 0 amide bonds. The van der Waals surface area contributed by atoms with E-state index in [1.807, 2.05) is 31.2 Å². The quantitative estimate of drug-likeness (QED) is 0.932. The summed E-state index contributed by atoms with van der Waals surface area (Å²) in [6.45, 7) is 4.05. The van der Waals surface area contributed by atoms with Crippen molar-refractivity contribution in [2.24, 2.45) is 5.73 Å². The van der Waals surface area contributed by atoms with Crippen LogP contribution in [-0.4, -0.2) is 6.04 Å². The summed E-state index contributed by atoms with van der Waals surface area (Å²) >= 11 is 3.49. The Morgan fingerprint density at radius 3 is 2.71 bits per heavy atom. The number of hydrogen-bond acceptors (Lipinski definition) is 2. The lowest BCUT2D eigenvalue weighted by Crippen LogP contribution is -2.17. The third kappa shape index (κ3) is 2.99. The molecule has 0 saturated heterocycles. The average molecular weight is 294 g/mol. The minimum Gasteiger partial charge on any atom is -0.461 e. The van der Waals surface area contributed by atoms with E-state index in [4.69, 9.17) is 10.2 Å². The van der Waals surface area contributed by atoms with Gasteiger partial charge in [0.15, 0.2) is 0 Å². The Hall–Kier alpha value is -1.06. The highest BCUT2D eigenvalue weighted by atomic mass is 79.9. The van der Waals surface area contributed by atoms with E-state index in [0.717, 1.165) is 28.0 Å². The Morgan fingerprint density at radius 2 is 2.06 bits per heavy atom. The van der Waals surface area contributed by atoms with Crippen LogP contribution in [0.4, 0.5) is 0 Å². The number of aryl methyl sites for hydroxylation is 1. The highest BCUT2D eigenvalue weighted by Crippen LogP contribution is 2.26. The van der Waals surface area contributed by atoms with E-state index in [1.165, 1.54) is 5.56 Å². The zero-order chi connectivity index (χ0) is 12.4. The van der Waals surface area contributed by atoms with Crippen molar-refractivity contribution in [2.75, 3.05) is 0 Å². The number of rotatable bonds is 3. The first kappa shape index (κ1) is 12.4. The molecule has 2 nitrogen and oxygen atoms in total. The van der Waals surface area contributed by atoms with Crippen molar-refractivity contribution >= 4 is 15.9 Å². The molecule has 2 N–H and O–H groups in total. The largest absolute Gasteiger partial charge is 0.461 e. The molecule has 90 valence electrons. The second kappa shape index (κ2) is 5.07. The SMILES string of the molecule is Cc1cc(-c2ccc(CC(C)N)o2)ccc1Br. The molecule has 0 saturated carbocycles. The summed E-state index contributed by atoms with van der Waals surface area (Å²) in [6, 6.07) is 10.3. The first-order valence-corrected chi connectivity index (χ1v) is 6.46. The van der Waals surface area contributed by atoms with Gasteiger partial charge in [-0.05, 0) is 43.7 Å². The molecule has 0 spiro atoms. The number of halogens is 1. The molecular formula is C14H16BrNO. The normalized spacial score (nSPS) is 12.7. The van der Waals surface area contributed by atoms with Gasteiger partial charge in [0.25, 0.3) is 0 Å². The second-order valence-corrected chi connectivity index (χ2v) is 5.27. The van der Waals surface area contributed by atoms with Gasteiger partial charge in [0, 0.05) is 22.5 Å². The van der Waals surface area contributed by atoms with Crippen LogP contribution in [0.5, 0.6) is 0 Å². The standard InChI is InChI=1S/C14H16BrNO/c1-9-7-11(3-5-13(9)15)14-6-4-12(17-14)8-10(2)16/h3-7,10H,8,16H2,1-2H3. The van der Waals surface area contributed by atoms with Gasteiger partial charge in [-0.1, -0.05) is 22.0 Å². The van der Waals surface area contributed by atoms with E-state index in [2.05, 4.69) is 28.9 Å². The predicted octanol–water partition coefficient (Wildman–Crippen LogP) is 3.91. The van der Waals surface area contributed by atoms with Crippen molar-refractivity contribution in [2.45, 2.75) is 26.3 Å². The summed E-state index contributed by atoms with van der Waals surface area (Å²) < 4.78 is 6.89. The first-order valence-electron chi connectivity index (χ1n) is 5.67. The van der Waals surface area contributed by atoms with Crippen LogP contribution >= 0.6 is 15.9 Å². The summed E-state index contributed by atoms with van der Waals surface area (Å²) in [5.41, 5.74) is 8.05. The van der Waals surface area contributed by atoms with Gasteiger partial charge in [-0.3, -0.25) is 0 Å². The Morgan fingerprint density at radius 1 is 1.29 bits per heavy atom. The van der Waals surface area contributed by atoms with Crippen LogP contribution in [0.25, 0.3) is 11.3 Å². The van der Waals surface area contributed by atoms with Gasteiger partial charge in [0.1, 0.15) is 11.5 Å². The van der Waals surface area contributed by atoms with Crippen molar-refractivity contribution < 1.29 is 4.42 Å². The Kier molecular flexibility index (Phi) is 3.69. The molecular weight excluding hydrogens is 278 g/mol. The van der Waals surface area contributed by atoms with Crippen molar-refractivity contribution in [3.8, 4) is 11.3 Å². The van der Waals surface area contributed by atoms with Crippen LogP contribution in [-0.2, 0) is 6.42 Å². The number of nitrogens with two attached hydrogens (primary N) is 1. The molecule has 0 radical (unpaired) electrons. The maximum Gasteiger partial charge on any atom is 0.134 e. The molecule has 1 aromatic heterocycles. The topological polar surface area (TPSA) is 39.2 Å². The lowest BCUT2D eigenvalue weighted by atomic mass is 10.1. The molecule has 0 aliphatic rings. The third-order valence-electron chi connectivity index (χ3n) is 2.63. The highest BCUT2D eigenvalue weighted by Gasteiger charge is 2.07. The lowest BCUT2D eigenvalue weighted by molar-refractivity contribution is 0.503. The molecule has 17 heavy (non-hydrogen) atoms. The first-order chi connectivity index (χ1) is 8.06. The van der Waals surface area contributed by atoms with E-state index >= 15 is 0 Å². The Bertz CT molecular complexity index is 517. The maximum absolute atomic E-state index is 5.78. The molecule has 0 aliphatic heterocycles. The fraction of sp³-hybridized carbons (Fsp3) is 0.286. The highest BCUT2D eigenvalue weighted by molar-refractivity contribution is 9.10. The maximum atomic E-state index is 5.78. The smallest absolute Gasteiger partial charge is 0.134 e. The Labute approximate surface area is 110 Å². The van der Waals surface area contributed by atoms with E-state index in [0.29, 0.717) is 0 Å². The predicted molar refractivity (Wildman–Crippen MR) is 73.9 cm³/mol. The number of benzene rings is 1. The van der Waals surface area contributed by atoms with E-state index < -0.39 is 0 Å². The fourth-order valence-electron chi connectivity index (χ4n) is 1.76. The molecule has 0 bridgehead atoms. The summed E-state index contributed by atoms with van der Waals surface area (Å²) in [5, 5.41) is 0. The van der Waals surface area contributed by atoms with Crippen LogP contribution in [0.3, 0.4) is 0 Å². The lowest BCUT2D eigenvalue weighted by Gasteiger charge is -2.03. The average Bonchev–Trinajstić information content (AvgIpc) is 2.69. The Balaban J connectivity index is 2.27. The van der Waals surface area contributed by atoms with Gasteiger partial charge >= 0.3 is 0 Å². The van der Waals surface area contributed by atoms with E-state index in [-0.39, 0.29) is 6.04 Å². The van der Waals surface area contributed by atoms with Crippen molar-refractivity contribution in [3.63, 3.8) is 0 Å². The van der Waals surface area contributed by atoms with Crippen molar-refractivity contribution in [1.29, 1.82) is 0 Å². The molecule has 1 aromatic carbocycles. The van der Waals surface area contributed by atoms with Crippen LogP contribution in [0.15, 0.2) is 39.2 Å². The molecule has 0 aliphatic carbocycles. The zero-order valence-electron chi connectivity index (χ0n) is 10.0. The van der Waals surface area contributed by atoms with Gasteiger partial charge in [0.05, 0.1) is 0 Å². The molecule has 1 unspecified atom stereocenters. The van der Waals surface area contributed by atoms with Gasteiger partial charge in [-0.2, -0.15) is 0 Å². The van der Waals surface area contributed by atoms with Crippen molar-refractivity contribution in [1.82, 2.24) is 0 Å². The molecule has 1 atom stereocenters. The molecule has 0 fully saturated rings. The minimum absolute atomic E-state index is 0.126. The summed E-state index contributed by atoms with van der Waals surface area (Å²) in [4.78, 5) is 0. The van der Waals surface area contributed by atoms with Gasteiger partial charge < -0.3 is 10.2 Å². The van der Waals surface area contributed by atoms with Crippen LogP contribution < -0.4 is 5.73 Å². The monoisotopic (exact) mass is 293 g/mol. The summed E-state index contributed by atoms with van der Waals surface area (Å²) in [7, 11) is 0. The van der Waals surface area contributed by atoms with E-state index in [1.54, 1.807) is 0 Å². The summed E-state index contributed by atoms with van der Waals surface area (Å²) in [6.07, 6.45) is 0.773. The number of hydrogen-bond donors (Lipinski definition) is 1. The minimum atomic E-state index is 0.126. The van der Waals surface area contributed by atoms with Crippen LogP contribution in [0, 0.1) is 6.92 Å². The molecule has 2 rings (SSSR count). The number of furan rings is 1.